The summed E-state index contributed by atoms with van der Waals surface area (Å²) in [4.78, 5) is 35.8. The fourth-order valence-corrected chi connectivity index (χ4v) is 3.39. The second-order valence-corrected chi connectivity index (χ2v) is 7.19. The van der Waals surface area contributed by atoms with Gasteiger partial charge in [0.2, 0.25) is 11.8 Å². The van der Waals surface area contributed by atoms with Crippen LogP contribution >= 0.6 is 0 Å². The number of nitrogens with zero attached hydrogens (tertiary/aromatic N) is 4. The minimum atomic E-state index is -0.525. The highest BCUT2D eigenvalue weighted by molar-refractivity contribution is 5.90. The molecule has 0 radical (unpaired) electrons. The van der Waals surface area contributed by atoms with Gasteiger partial charge in [-0.1, -0.05) is 12.1 Å². The molecule has 1 atom stereocenters. The highest BCUT2D eigenvalue weighted by Crippen LogP contribution is 2.19. The molecule has 1 unspecified atom stereocenters. The zero-order valence-corrected chi connectivity index (χ0v) is 16.0. The molecular formula is C19H24N6O4. The number of piperidine rings is 1. The fraction of sp³-hybridized carbons (Fsp3) is 0.421. The Morgan fingerprint density at radius 3 is 2.72 bits per heavy atom. The van der Waals surface area contributed by atoms with Gasteiger partial charge < -0.3 is 11.1 Å². The summed E-state index contributed by atoms with van der Waals surface area (Å²) in [6.07, 6.45) is 4.42. The van der Waals surface area contributed by atoms with Crippen molar-refractivity contribution in [1.29, 1.82) is 0 Å². The number of benzene rings is 1. The van der Waals surface area contributed by atoms with E-state index in [4.69, 9.17) is 5.73 Å². The maximum Gasteiger partial charge on any atom is 0.306 e. The van der Waals surface area contributed by atoms with Crippen LogP contribution < -0.4 is 11.1 Å². The highest BCUT2D eigenvalue weighted by Gasteiger charge is 2.23. The molecule has 0 saturated carbocycles. The van der Waals surface area contributed by atoms with Gasteiger partial charge >= 0.3 is 5.69 Å². The van der Waals surface area contributed by atoms with E-state index in [1.807, 2.05) is 24.3 Å². The monoisotopic (exact) mass is 400 g/mol. The molecule has 0 aliphatic carbocycles. The van der Waals surface area contributed by atoms with Gasteiger partial charge in [0.15, 0.2) is 0 Å². The average molecular weight is 400 g/mol. The van der Waals surface area contributed by atoms with E-state index in [0.717, 1.165) is 37.7 Å². The molecule has 1 aromatic heterocycles. The summed E-state index contributed by atoms with van der Waals surface area (Å²) < 4.78 is 1.37. The van der Waals surface area contributed by atoms with Gasteiger partial charge in [0.05, 0.1) is 10.8 Å². The smallest absolute Gasteiger partial charge is 0.306 e. The van der Waals surface area contributed by atoms with E-state index >= 15 is 0 Å². The predicted octanol–water partition coefficient (Wildman–Crippen LogP) is 1.52. The van der Waals surface area contributed by atoms with Crippen LogP contribution in [0, 0.1) is 16.0 Å². The number of nitrogens with two attached hydrogens (primary N) is 1. The van der Waals surface area contributed by atoms with E-state index in [-0.39, 0.29) is 36.4 Å². The zero-order valence-electron chi connectivity index (χ0n) is 16.0. The third-order valence-corrected chi connectivity index (χ3v) is 4.95. The van der Waals surface area contributed by atoms with Crippen molar-refractivity contribution in [1.82, 2.24) is 14.7 Å². The maximum absolute atomic E-state index is 12.1. The molecule has 3 N–H and O–H groups in total. The van der Waals surface area contributed by atoms with Crippen LogP contribution in [-0.2, 0) is 22.7 Å². The molecule has 29 heavy (non-hydrogen) atoms. The first-order valence-electron chi connectivity index (χ1n) is 9.48. The molecule has 1 aromatic carbocycles. The van der Waals surface area contributed by atoms with E-state index in [9.17, 15) is 19.7 Å². The van der Waals surface area contributed by atoms with Gasteiger partial charge in [0, 0.05) is 31.7 Å². The molecule has 3 rings (SSSR count). The number of carbonyl (C=O) groups is 2. The Hall–Kier alpha value is -3.27. The molecule has 154 valence electrons. The number of hydrogen-bond acceptors (Lipinski definition) is 6. The molecule has 0 bridgehead atoms. The summed E-state index contributed by atoms with van der Waals surface area (Å²) in [5.74, 6) is -0.521. The van der Waals surface area contributed by atoms with Crippen molar-refractivity contribution in [3.05, 3.63) is 52.3 Å². The molecule has 1 saturated heterocycles. The van der Waals surface area contributed by atoms with Gasteiger partial charge in [-0.25, -0.2) is 0 Å². The molecule has 2 heterocycles. The van der Waals surface area contributed by atoms with Crippen LogP contribution in [0.25, 0.3) is 0 Å². The molecule has 0 spiro atoms. The Kier molecular flexibility index (Phi) is 6.55. The average Bonchev–Trinajstić information content (AvgIpc) is 3.18. The minimum Gasteiger partial charge on any atom is -0.369 e. The van der Waals surface area contributed by atoms with Crippen LogP contribution in [0.3, 0.4) is 0 Å². The first-order chi connectivity index (χ1) is 13.9. The van der Waals surface area contributed by atoms with Gasteiger partial charge in [-0.3, -0.25) is 29.3 Å². The van der Waals surface area contributed by atoms with Gasteiger partial charge in [-0.15, -0.1) is 0 Å². The molecule has 1 aliphatic heterocycles. The lowest BCUT2D eigenvalue weighted by Crippen LogP contribution is -2.40. The minimum absolute atomic E-state index is 0.0847. The number of hydrogen-bond donors (Lipinski definition) is 2. The number of aromatic nitrogens is 2. The molecular weight excluding hydrogens is 376 g/mol. The quantitative estimate of drug-likeness (QED) is 0.509. The fourth-order valence-electron chi connectivity index (χ4n) is 3.39. The summed E-state index contributed by atoms with van der Waals surface area (Å²) in [5.41, 5.74) is 7.10. The second kappa shape index (κ2) is 9.28. The Morgan fingerprint density at radius 1 is 1.31 bits per heavy atom. The third kappa shape index (κ3) is 5.85. The molecule has 2 amide bonds. The van der Waals surface area contributed by atoms with Gasteiger partial charge in [-0.05, 0) is 37.1 Å². The number of nitro groups is 1. The Balaban J connectivity index is 1.46. The largest absolute Gasteiger partial charge is 0.369 e. The summed E-state index contributed by atoms with van der Waals surface area (Å²) >= 11 is 0. The molecule has 10 nitrogen and oxygen atoms in total. The Morgan fingerprint density at radius 2 is 2.07 bits per heavy atom. The molecule has 1 fully saturated rings. The standard InChI is InChI=1S/C19H24N6O4/c20-19(27)15-2-1-8-23(12-15)11-14-3-5-16(6-4-14)22-18(26)7-9-24-13-17(10-21-24)25(28)29/h3-6,10,13,15H,1-2,7-9,11-12H2,(H2,20,27)(H,22,26). The van der Waals surface area contributed by atoms with Crippen LogP contribution in [0.4, 0.5) is 11.4 Å². The number of likely N-dealkylation sites (tertiary alicyclic amines) is 1. The predicted molar refractivity (Wildman–Crippen MR) is 106 cm³/mol. The summed E-state index contributed by atoms with van der Waals surface area (Å²) in [6, 6.07) is 7.56. The number of aryl methyl sites for hydroxylation is 1. The van der Waals surface area contributed by atoms with Crippen molar-refractivity contribution < 1.29 is 14.5 Å². The van der Waals surface area contributed by atoms with Crippen molar-refractivity contribution in [2.75, 3.05) is 18.4 Å². The number of carbonyl (C=O) groups excluding carboxylic acids is 2. The van der Waals surface area contributed by atoms with Crippen LogP contribution in [0.5, 0.6) is 0 Å². The van der Waals surface area contributed by atoms with Gasteiger partial charge in [-0.2, -0.15) is 5.10 Å². The lowest BCUT2D eigenvalue weighted by atomic mass is 9.97. The molecule has 1 aliphatic rings. The topological polar surface area (TPSA) is 136 Å². The first-order valence-corrected chi connectivity index (χ1v) is 9.48. The summed E-state index contributed by atoms with van der Waals surface area (Å²) in [6.45, 7) is 2.61. The van der Waals surface area contributed by atoms with Crippen molar-refractivity contribution in [2.24, 2.45) is 11.7 Å². The number of rotatable bonds is 8. The zero-order chi connectivity index (χ0) is 20.8. The second-order valence-electron chi connectivity index (χ2n) is 7.19. The lowest BCUT2D eigenvalue weighted by molar-refractivity contribution is -0.385. The number of nitrogens with one attached hydrogen (secondary N) is 1. The third-order valence-electron chi connectivity index (χ3n) is 4.95. The van der Waals surface area contributed by atoms with Gasteiger partial charge in [0.25, 0.3) is 0 Å². The highest BCUT2D eigenvalue weighted by atomic mass is 16.6. The van der Waals surface area contributed by atoms with E-state index in [1.54, 1.807) is 0 Å². The van der Waals surface area contributed by atoms with Crippen LogP contribution in [-0.4, -0.2) is 44.5 Å². The molecule has 2 aromatic rings. The summed E-state index contributed by atoms with van der Waals surface area (Å²) in [7, 11) is 0. The Bertz CT molecular complexity index is 879. The number of primary amides is 1. The first kappa shape index (κ1) is 20.5. The normalized spacial score (nSPS) is 17.0. The van der Waals surface area contributed by atoms with E-state index in [1.165, 1.54) is 10.9 Å². The number of anilines is 1. The van der Waals surface area contributed by atoms with Crippen molar-refractivity contribution in [3.8, 4) is 0 Å². The van der Waals surface area contributed by atoms with E-state index in [0.29, 0.717) is 12.2 Å². The lowest BCUT2D eigenvalue weighted by Gasteiger charge is -2.31. The van der Waals surface area contributed by atoms with E-state index in [2.05, 4.69) is 15.3 Å². The number of amides is 2. The van der Waals surface area contributed by atoms with Crippen molar-refractivity contribution >= 4 is 23.2 Å². The van der Waals surface area contributed by atoms with E-state index < -0.39 is 4.92 Å². The summed E-state index contributed by atoms with van der Waals surface area (Å²) in [5, 5.41) is 17.3. The SMILES string of the molecule is NC(=O)C1CCCN(Cc2ccc(NC(=O)CCn3cc([N+](=O)[O-])cn3)cc2)C1. The van der Waals surface area contributed by atoms with Crippen molar-refractivity contribution in [2.45, 2.75) is 32.4 Å². The van der Waals surface area contributed by atoms with Gasteiger partial charge in [0.1, 0.15) is 12.4 Å². The Labute approximate surface area is 167 Å². The van der Waals surface area contributed by atoms with Crippen LogP contribution in [0.1, 0.15) is 24.8 Å². The van der Waals surface area contributed by atoms with Crippen molar-refractivity contribution in [3.63, 3.8) is 0 Å². The van der Waals surface area contributed by atoms with Crippen LogP contribution in [0.2, 0.25) is 0 Å². The van der Waals surface area contributed by atoms with Crippen LogP contribution in [0.15, 0.2) is 36.7 Å². The molecule has 10 heteroatoms. The maximum atomic E-state index is 12.1.